The molecule has 0 fully saturated rings. The monoisotopic (exact) mass is 294 g/mol. The minimum atomic E-state index is -3.79. The van der Waals surface area contributed by atoms with Crippen molar-refractivity contribution in [2.45, 2.75) is 11.4 Å². The van der Waals surface area contributed by atoms with Gasteiger partial charge in [-0.2, -0.15) is 0 Å². The van der Waals surface area contributed by atoms with E-state index in [-0.39, 0.29) is 17.0 Å². The Balaban J connectivity index is 2.27. The number of esters is 1. The highest BCUT2D eigenvalue weighted by molar-refractivity contribution is 7.89. The molecule has 0 aliphatic carbocycles. The minimum Gasteiger partial charge on any atom is -0.465 e. The fourth-order valence-electron chi connectivity index (χ4n) is 1.70. The van der Waals surface area contributed by atoms with Gasteiger partial charge >= 0.3 is 5.97 Å². The Morgan fingerprint density at radius 1 is 1.30 bits per heavy atom. The molecule has 0 saturated carbocycles. The van der Waals surface area contributed by atoms with Gasteiger partial charge in [0.05, 0.1) is 17.6 Å². The molecule has 1 aromatic carbocycles. The number of ether oxygens (including phenoxy) is 1. The number of hydrogen-bond donors (Lipinski definition) is 2. The van der Waals surface area contributed by atoms with E-state index in [0.29, 0.717) is 0 Å². The largest absolute Gasteiger partial charge is 0.465 e. The summed E-state index contributed by atoms with van der Waals surface area (Å²) in [5.74, 6) is -0.687. The van der Waals surface area contributed by atoms with Gasteiger partial charge in [-0.25, -0.2) is 17.9 Å². The van der Waals surface area contributed by atoms with Crippen LogP contribution in [0.5, 0.6) is 0 Å². The number of nitrogens with one attached hydrogen (secondary N) is 2. The second kappa shape index (κ2) is 5.89. The second-order valence-electron chi connectivity index (χ2n) is 4.03. The van der Waals surface area contributed by atoms with Crippen molar-refractivity contribution in [3.8, 4) is 0 Å². The van der Waals surface area contributed by atoms with Crippen LogP contribution in [0.15, 0.2) is 47.6 Å². The fraction of sp³-hybridized carbons (Fsp3) is 0.154. The second-order valence-corrected chi connectivity index (χ2v) is 5.77. The van der Waals surface area contributed by atoms with E-state index in [1.54, 1.807) is 30.6 Å². The summed E-state index contributed by atoms with van der Waals surface area (Å²) >= 11 is 0. The molecule has 20 heavy (non-hydrogen) atoms. The molecule has 0 spiro atoms. The third kappa shape index (κ3) is 3.06. The Labute approximate surface area is 116 Å². The maximum Gasteiger partial charge on any atom is 0.339 e. The number of carbonyl (C=O) groups is 1. The number of rotatable bonds is 5. The standard InChI is InChI=1S/C13H14N2O4S/c1-19-13(16)11-4-2-3-5-12(11)20(17,18)15-9-10-6-7-14-8-10/h2-8,14-15H,9H2,1H3. The average molecular weight is 294 g/mol. The Morgan fingerprint density at radius 3 is 2.70 bits per heavy atom. The van der Waals surface area contributed by atoms with E-state index in [1.807, 2.05) is 0 Å². The van der Waals surface area contributed by atoms with Gasteiger partial charge in [-0.1, -0.05) is 12.1 Å². The smallest absolute Gasteiger partial charge is 0.339 e. The average Bonchev–Trinajstić information content (AvgIpc) is 2.98. The van der Waals surface area contributed by atoms with E-state index >= 15 is 0 Å². The Kier molecular flexibility index (Phi) is 4.21. The lowest BCUT2D eigenvalue weighted by Crippen LogP contribution is -2.25. The lowest BCUT2D eigenvalue weighted by Gasteiger charge is -2.09. The van der Waals surface area contributed by atoms with Crippen molar-refractivity contribution in [2.75, 3.05) is 7.11 Å². The zero-order valence-corrected chi connectivity index (χ0v) is 11.6. The molecule has 6 nitrogen and oxygen atoms in total. The number of H-pyrrole nitrogens is 1. The summed E-state index contributed by atoms with van der Waals surface area (Å²) in [6.07, 6.45) is 3.39. The van der Waals surface area contributed by atoms with E-state index in [1.165, 1.54) is 19.2 Å². The van der Waals surface area contributed by atoms with Crippen LogP contribution in [-0.2, 0) is 21.3 Å². The van der Waals surface area contributed by atoms with Crippen LogP contribution < -0.4 is 4.72 Å². The SMILES string of the molecule is COC(=O)c1ccccc1S(=O)(=O)NCc1cc[nH]c1. The molecule has 0 aliphatic rings. The molecule has 1 heterocycles. The summed E-state index contributed by atoms with van der Waals surface area (Å²) in [5.41, 5.74) is 0.806. The van der Waals surface area contributed by atoms with E-state index < -0.39 is 16.0 Å². The number of benzene rings is 1. The van der Waals surface area contributed by atoms with Crippen molar-refractivity contribution < 1.29 is 17.9 Å². The van der Waals surface area contributed by atoms with Gasteiger partial charge in [-0.05, 0) is 23.8 Å². The zero-order valence-electron chi connectivity index (χ0n) is 10.8. The molecule has 7 heteroatoms. The first-order chi connectivity index (χ1) is 9.54. The van der Waals surface area contributed by atoms with Crippen LogP contribution in [-0.4, -0.2) is 26.5 Å². The Hall–Kier alpha value is -2.12. The van der Waals surface area contributed by atoms with Gasteiger partial charge in [0.1, 0.15) is 0 Å². The third-order valence-electron chi connectivity index (χ3n) is 2.71. The number of sulfonamides is 1. The first kappa shape index (κ1) is 14.3. The van der Waals surface area contributed by atoms with Gasteiger partial charge < -0.3 is 9.72 Å². The van der Waals surface area contributed by atoms with Crippen molar-refractivity contribution in [3.05, 3.63) is 53.9 Å². The lowest BCUT2D eigenvalue weighted by molar-refractivity contribution is 0.0596. The summed E-state index contributed by atoms with van der Waals surface area (Å²) in [5, 5.41) is 0. The van der Waals surface area contributed by atoms with Crippen molar-refractivity contribution in [2.24, 2.45) is 0 Å². The molecule has 0 aliphatic heterocycles. The van der Waals surface area contributed by atoms with Gasteiger partial charge in [0.2, 0.25) is 10.0 Å². The van der Waals surface area contributed by atoms with Gasteiger partial charge in [0.25, 0.3) is 0 Å². The van der Waals surface area contributed by atoms with Gasteiger partial charge in [-0.3, -0.25) is 0 Å². The number of methoxy groups -OCH3 is 1. The molecular formula is C13H14N2O4S. The van der Waals surface area contributed by atoms with E-state index in [2.05, 4.69) is 14.4 Å². The molecule has 106 valence electrons. The number of carbonyl (C=O) groups excluding carboxylic acids is 1. The van der Waals surface area contributed by atoms with E-state index in [4.69, 9.17) is 0 Å². The summed E-state index contributed by atoms with van der Waals surface area (Å²) < 4.78 is 31.5. The maximum absolute atomic E-state index is 12.2. The molecule has 1 aromatic heterocycles. The highest BCUT2D eigenvalue weighted by Crippen LogP contribution is 2.16. The molecule has 2 N–H and O–H groups in total. The number of aromatic amines is 1. The van der Waals surface area contributed by atoms with Gasteiger partial charge in [-0.15, -0.1) is 0 Å². The summed E-state index contributed by atoms with van der Waals surface area (Å²) in [7, 11) is -2.58. The van der Waals surface area contributed by atoms with Crippen LogP contribution in [0.3, 0.4) is 0 Å². The summed E-state index contributed by atoms with van der Waals surface area (Å²) in [6, 6.07) is 7.67. The highest BCUT2D eigenvalue weighted by atomic mass is 32.2. The molecular weight excluding hydrogens is 280 g/mol. The van der Waals surface area contributed by atoms with Crippen molar-refractivity contribution >= 4 is 16.0 Å². The van der Waals surface area contributed by atoms with Crippen molar-refractivity contribution in [1.82, 2.24) is 9.71 Å². The van der Waals surface area contributed by atoms with Crippen LogP contribution in [0.2, 0.25) is 0 Å². The first-order valence-electron chi connectivity index (χ1n) is 5.83. The van der Waals surface area contributed by atoms with Crippen LogP contribution >= 0.6 is 0 Å². The van der Waals surface area contributed by atoms with Gasteiger partial charge in [0.15, 0.2) is 0 Å². The zero-order chi connectivity index (χ0) is 14.6. The first-order valence-corrected chi connectivity index (χ1v) is 7.31. The summed E-state index contributed by atoms with van der Waals surface area (Å²) in [6.45, 7) is 0.140. The predicted octanol–water partition coefficient (Wildman–Crippen LogP) is 1.28. The predicted molar refractivity (Wildman–Crippen MR) is 72.6 cm³/mol. The van der Waals surface area contributed by atoms with Crippen LogP contribution in [0.25, 0.3) is 0 Å². The molecule has 0 atom stereocenters. The molecule has 2 aromatic rings. The van der Waals surface area contributed by atoms with Crippen LogP contribution in [0, 0.1) is 0 Å². The Bertz CT molecular complexity index is 693. The molecule has 0 unspecified atom stereocenters. The van der Waals surface area contributed by atoms with Crippen LogP contribution in [0.4, 0.5) is 0 Å². The third-order valence-corrected chi connectivity index (χ3v) is 4.17. The lowest BCUT2D eigenvalue weighted by atomic mass is 10.2. The maximum atomic E-state index is 12.2. The van der Waals surface area contributed by atoms with Crippen molar-refractivity contribution in [1.29, 1.82) is 0 Å². The highest BCUT2D eigenvalue weighted by Gasteiger charge is 2.22. The normalized spacial score (nSPS) is 11.2. The molecule has 0 bridgehead atoms. The molecule has 2 rings (SSSR count). The number of aromatic nitrogens is 1. The summed E-state index contributed by atoms with van der Waals surface area (Å²) in [4.78, 5) is 14.3. The fourth-order valence-corrected chi connectivity index (χ4v) is 2.91. The van der Waals surface area contributed by atoms with Crippen LogP contribution in [0.1, 0.15) is 15.9 Å². The van der Waals surface area contributed by atoms with E-state index in [0.717, 1.165) is 5.56 Å². The van der Waals surface area contributed by atoms with E-state index in [9.17, 15) is 13.2 Å². The number of hydrogen-bond acceptors (Lipinski definition) is 4. The minimum absolute atomic E-state index is 0.0107. The molecule has 0 radical (unpaired) electrons. The Morgan fingerprint density at radius 2 is 2.05 bits per heavy atom. The molecule has 0 saturated heterocycles. The topological polar surface area (TPSA) is 88.3 Å². The molecule has 0 amide bonds. The quantitative estimate of drug-likeness (QED) is 0.813. The van der Waals surface area contributed by atoms with Gasteiger partial charge in [0, 0.05) is 18.9 Å². The van der Waals surface area contributed by atoms with Crippen molar-refractivity contribution in [3.63, 3.8) is 0 Å².